The van der Waals surface area contributed by atoms with Crippen molar-refractivity contribution in [2.45, 2.75) is 19.3 Å². The largest absolute Gasteiger partial charge is 0.393 e. The SMILES string of the molecule is CN/C=C(\C=N)c1ccc2c(c1)N(c1cccc3c1NCCC(=O)N3)CCC2. The Bertz CT molecular complexity index is 950. The van der Waals surface area contributed by atoms with E-state index in [0.29, 0.717) is 13.0 Å². The highest BCUT2D eigenvalue weighted by molar-refractivity contribution is 6.08. The van der Waals surface area contributed by atoms with Gasteiger partial charge in [0.25, 0.3) is 0 Å². The molecule has 144 valence electrons. The van der Waals surface area contributed by atoms with Crippen LogP contribution in [0.2, 0.25) is 0 Å². The van der Waals surface area contributed by atoms with E-state index in [1.807, 2.05) is 25.4 Å². The van der Waals surface area contributed by atoms with Crippen molar-refractivity contribution >= 4 is 40.4 Å². The summed E-state index contributed by atoms with van der Waals surface area (Å²) in [4.78, 5) is 14.3. The Kier molecular flexibility index (Phi) is 5.02. The second kappa shape index (κ2) is 7.76. The third-order valence-corrected chi connectivity index (χ3v) is 5.25. The van der Waals surface area contributed by atoms with Crippen molar-refractivity contribution in [2.75, 3.05) is 35.7 Å². The molecule has 6 heteroatoms. The lowest BCUT2D eigenvalue weighted by molar-refractivity contribution is -0.115. The molecule has 2 aromatic rings. The van der Waals surface area contributed by atoms with E-state index in [0.717, 1.165) is 47.6 Å². The van der Waals surface area contributed by atoms with E-state index in [1.165, 1.54) is 17.5 Å². The minimum Gasteiger partial charge on any atom is -0.393 e. The fourth-order valence-electron chi connectivity index (χ4n) is 3.94. The van der Waals surface area contributed by atoms with Gasteiger partial charge in [-0.3, -0.25) is 4.79 Å². The summed E-state index contributed by atoms with van der Waals surface area (Å²) < 4.78 is 0. The summed E-state index contributed by atoms with van der Waals surface area (Å²) in [6.45, 7) is 1.54. The highest BCUT2D eigenvalue weighted by Crippen LogP contribution is 2.42. The smallest absolute Gasteiger partial charge is 0.226 e. The first-order valence-electron chi connectivity index (χ1n) is 9.66. The highest BCUT2D eigenvalue weighted by atomic mass is 16.1. The van der Waals surface area contributed by atoms with Crippen LogP contribution >= 0.6 is 0 Å². The Morgan fingerprint density at radius 1 is 1.21 bits per heavy atom. The van der Waals surface area contributed by atoms with Crippen molar-refractivity contribution in [3.05, 3.63) is 53.7 Å². The summed E-state index contributed by atoms with van der Waals surface area (Å²) in [6, 6.07) is 12.5. The molecule has 4 rings (SSSR count). The molecule has 2 heterocycles. The predicted molar refractivity (Wildman–Crippen MR) is 116 cm³/mol. The normalized spacial score (nSPS) is 16.2. The maximum absolute atomic E-state index is 11.9. The Morgan fingerprint density at radius 3 is 2.93 bits per heavy atom. The number of hydrogen-bond donors (Lipinski definition) is 4. The number of rotatable bonds is 4. The zero-order valence-corrected chi connectivity index (χ0v) is 16.0. The Balaban J connectivity index is 1.80. The number of anilines is 4. The third-order valence-electron chi connectivity index (χ3n) is 5.25. The van der Waals surface area contributed by atoms with Gasteiger partial charge in [0.15, 0.2) is 0 Å². The van der Waals surface area contributed by atoms with Gasteiger partial charge in [0.05, 0.1) is 17.1 Å². The summed E-state index contributed by atoms with van der Waals surface area (Å²) in [5.41, 5.74) is 7.21. The number of aryl methyl sites for hydroxylation is 1. The average Bonchev–Trinajstić information content (AvgIpc) is 2.91. The van der Waals surface area contributed by atoms with Crippen molar-refractivity contribution in [2.24, 2.45) is 0 Å². The standard InChI is InChI=1S/C22H25N5O/c1-24-14-17(13-23)16-8-7-15-4-3-11-27(20(15)12-16)19-6-2-5-18-22(19)25-10-9-21(28)26-18/h2,5-8,12-14,23-25H,3-4,9-11H2,1H3,(H,26,28)/b17-14+,23-13?. The van der Waals surface area contributed by atoms with Gasteiger partial charge in [-0.1, -0.05) is 18.2 Å². The molecule has 0 aromatic heterocycles. The van der Waals surface area contributed by atoms with Crippen molar-refractivity contribution in [1.29, 1.82) is 5.41 Å². The lowest BCUT2D eigenvalue weighted by Crippen LogP contribution is -2.25. The fourth-order valence-corrected chi connectivity index (χ4v) is 3.94. The average molecular weight is 375 g/mol. The lowest BCUT2D eigenvalue weighted by atomic mass is 9.96. The summed E-state index contributed by atoms with van der Waals surface area (Å²) in [6.07, 6.45) is 5.80. The van der Waals surface area contributed by atoms with Gasteiger partial charge in [-0.2, -0.15) is 0 Å². The number of nitrogens with one attached hydrogen (secondary N) is 4. The topological polar surface area (TPSA) is 80.2 Å². The van der Waals surface area contributed by atoms with Gasteiger partial charge in [0, 0.05) is 50.2 Å². The van der Waals surface area contributed by atoms with Crippen LogP contribution in [0.15, 0.2) is 42.6 Å². The van der Waals surface area contributed by atoms with Crippen LogP contribution in [-0.4, -0.2) is 32.3 Å². The van der Waals surface area contributed by atoms with Crippen LogP contribution in [0.3, 0.4) is 0 Å². The predicted octanol–water partition coefficient (Wildman–Crippen LogP) is 3.73. The van der Waals surface area contributed by atoms with Gasteiger partial charge >= 0.3 is 0 Å². The highest BCUT2D eigenvalue weighted by Gasteiger charge is 2.24. The zero-order chi connectivity index (χ0) is 19.5. The Labute approximate surface area is 165 Å². The minimum atomic E-state index is 0.0394. The first-order valence-corrected chi connectivity index (χ1v) is 9.66. The van der Waals surface area contributed by atoms with Crippen molar-refractivity contribution < 1.29 is 4.79 Å². The molecule has 0 aliphatic carbocycles. The molecule has 0 saturated carbocycles. The van der Waals surface area contributed by atoms with Gasteiger partial charge < -0.3 is 26.3 Å². The van der Waals surface area contributed by atoms with E-state index in [4.69, 9.17) is 5.41 Å². The molecule has 0 saturated heterocycles. The van der Waals surface area contributed by atoms with E-state index in [9.17, 15) is 4.79 Å². The van der Waals surface area contributed by atoms with E-state index in [-0.39, 0.29) is 5.91 Å². The molecule has 2 aromatic carbocycles. The molecule has 0 atom stereocenters. The molecule has 0 spiro atoms. The van der Waals surface area contributed by atoms with Crippen LogP contribution in [0.4, 0.5) is 22.7 Å². The lowest BCUT2D eigenvalue weighted by Gasteiger charge is -2.33. The molecule has 28 heavy (non-hydrogen) atoms. The molecule has 2 aliphatic rings. The first-order chi connectivity index (χ1) is 13.7. The summed E-state index contributed by atoms with van der Waals surface area (Å²) >= 11 is 0. The van der Waals surface area contributed by atoms with Crippen LogP contribution in [0.5, 0.6) is 0 Å². The van der Waals surface area contributed by atoms with Crippen LogP contribution in [0.25, 0.3) is 5.57 Å². The number of benzene rings is 2. The quantitative estimate of drug-likeness (QED) is 0.614. The van der Waals surface area contributed by atoms with Crippen molar-refractivity contribution in [1.82, 2.24) is 5.32 Å². The van der Waals surface area contributed by atoms with Crippen molar-refractivity contribution in [3.8, 4) is 0 Å². The number of carbonyl (C=O) groups is 1. The summed E-state index contributed by atoms with van der Waals surface area (Å²) in [5, 5.41) is 17.2. The molecule has 0 unspecified atom stereocenters. The summed E-state index contributed by atoms with van der Waals surface area (Å²) in [7, 11) is 1.84. The number of hydrogen-bond acceptors (Lipinski definition) is 5. The first kappa shape index (κ1) is 18.1. The number of nitrogens with zero attached hydrogens (tertiary/aromatic N) is 1. The number of para-hydroxylation sites is 1. The number of fused-ring (bicyclic) bond motifs is 2. The molecule has 4 N–H and O–H groups in total. The Hall–Kier alpha value is -3.28. The molecule has 0 radical (unpaired) electrons. The molecule has 2 aliphatic heterocycles. The van der Waals surface area contributed by atoms with Crippen LogP contribution in [-0.2, 0) is 11.2 Å². The molecular formula is C22H25N5O. The maximum Gasteiger partial charge on any atom is 0.226 e. The molecular weight excluding hydrogens is 350 g/mol. The van der Waals surface area contributed by atoms with Gasteiger partial charge in [0.2, 0.25) is 5.91 Å². The fraction of sp³-hybridized carbons (Fsp3) is 0.273. The number of allylic oxidation sites excluding steroid dienone is 1. The number of amides is 1. The Morgan fingerprint density at radius 2 is 2.11 bits per heavy atom. The molecule has 0 fully saturated rings. The maximum atomic E-state index is 11.9. The summed E-state index contributed by atoms with van der Waals surface area (Å²) in [5.74, 6) is 0.0394. The minimum absolute atomic E-state index is 0.0394. The van der Waals surface area contributed by atoms with Crippen LogP contribution in [0, 0.1) is 5.41 Å². The molecule has 6 nitrogen and oxygen atoms in total. The number of carbonyl (C=O) groups excluding carboxylic acids is 1. The van der Waals surface area contributed by atoms with E-state index in [2.05, 4.69) is 45.1 Å². The van der Waals surface area contributed by atoms with Crippen LogP contribution in [0.1, 0.15) is 24.0 Å². The van der Waals surface area contributed by atoms with Gasteiger partial charge in [-0.25, -0.2) is 0 Å². The van der Waals surface area contributed by atoms with Gasteiger partial charge in [0.1, 0.15) is 0 Å². The molecule has 0 bridgehead atoms. The van der Waals surface area contributed by atoms with Gasteiger partial charge in [-0.15, -0.1) is 0 Å². The second-order valence-corrected chi connectivity index (χ2v) is 7.06. The second-order valence-electron chi connectivity index (χ2n) is 7.06. The van der Waals surface area contributed by atoms with E-state index >= 15 is 0 Å². The van der Waals surface area contributed by atoms with Crippen LogP contribution < -0.4 is 20.9 Å². The third kappa shape index (κ3) is 3.33. The molecule has 1 amide bonds. The van der Waals surface area contributed by atoms with Gasteiger partial charge in [-0.05, 0) is 42.2 Å². The van der Waals surface area contributed by atoms with E-state index in [1.54, 1.807) is 0 Å². The zero-order valence-electron chi connectivity index (χ0n) is 16.0. The van der Waals surface area contributed by atoms with Crippen molar-refractivity contribution in [3.63, 3.8) is 0 Å². The monoisotopic (exact) mass is 375 g/mol. The van der Waals surface area contributed by atoms with E-state index < -0.39 is 0 Å².